The van der Waals surface area contributed by atoms with Crippen LogP contribution in [0.4, 0.5) is 0 Å². The highest BCUT2D eigenvalue weighted by molar-refractivity contribution is 6.00. The molecule has 0 fully saturated rings. The van der Waals surface area contributed by atoms with Gasteiger partial charge >= 0.3 is 0 Å². The third-order valence-electron chi connectivity index (χ3n) is 2.69. The van der Waals surface area contributed by atoms with Crippen LogP contribution in [0.2, 0.25) is 0 Å². The Morgan fingerprint density at radius 3 is 2.64 bits per heavy atom. The van der Waals surface area contributed by atoms with E-state index in [-0.39, 0.29) is 0 Å². The predicted octanol–water partition coefficient (Wildman–Crippen LogP) is 2.04. The molecule has 0 saturated carbocycles. The van der Waals surface area contributed by atoms with Crippen LogP contribution in [0.1, 0.15) is 23.6 Å². The number of benzene rings is 1. The number of hydrogen-bond donors (Lipinski definition) is 1. The summed E-state index contributed by atoms with van der Waals surface area (Å²) in [5.41, 5.74) is 3.87. The van der Waals surface area contributed by atoms with Gasteiger partial charge in [-0.15, -0.1) is 0 Å². The fourth-order valence-electron chi connectivity index (χ4n) is 1.62. The van der Waals surface area contributed by atoms with Gasteiger partial charge in [-0.2, -0.15) is 0 Å². The molecule has 0 saturated heterocycles. The Hall–Kier alpha value is -1.31. The first-order chi connectivity index (χ1) is 6.66. The summed E-state index contributed by atoms with van der Waals surface area (Å²) in [6, 6.07) is 6.95. The second-order valence-corrected chi connectivity index (χ2v) is 4.03. The largest absolute Gasteiger partial charge is 0.366 e. The monoisotopic (exact) mass is 188 g/mol. The molecule has 2 heteroatoms. The summed E-state index contributed by atoms with van der Waals surface area (Å²) in [4.78, 5) is 4.46. The molecule has 1 aromatic carbocycles. The summed E-state index contributed by atoms with van der Waals surface area (Å²) in [5.74, 6) is 1.04. The minimum absolute atomic E-state index is 0.478. The van der Waals surface area contributed by atoms with E-state index < -0.39 is 0 Å². The van der Waals surface area contributed by atoms with Crippen molar-refractivity contribution < 1.29 is 0 Å². The lowest BCUT2D eigenvalue weighted by Crippen LogP contribution is -2.27. The molecule has 2 rings (SSSR count). The van der Waals surface area contributed by atoms with Crippen LogP contribution >= 0.6 is 0 Å². The topological polar surface area (TPSA) is 24.4 Å². The molecule has 0 aliphatic carbocycles. The lowest BCUT2D eigenvalue weighted by atomic mass is 10.1. The standard InChI is InChI=1S/C12H16N2/c1-8-4-5-11(6-9(8)2)12-13-7-10(3)14-12/h4-6,10H,7H2,1-3H3,(H,13,14). The maximum absolute atomic E-state index is 4.46. The Labute approximate surface area is 85.1 Å². The first-order valence-corrected chi connectivity index (χ1v) is 5.05. The summed E-state index contributed by atoms with van der Waals surface area (Å²) in [5, 5.41) is 3.37. The van der Waals surface area contributed by atoms with Crippen LogP contribution in [-0.4, -0.2) is 18.4 Å². The van der Waals surface area contributed by atoms with Crippen molar-refractivity contribution in [1.29, 1.82) is 0 Å². The third-order valence-corrected chi connectivity index (χ3v) is 2.69. The first-order valence-electron chi connectivity index (χ1n) is 5.05. The number of nitrogens with zero attached hydrogens (tertiary/aromatic N) is 1. The van der Waals surface area contributed by atoms with E-state index in [1.165, 1.54) is 16.7 Å². The molecule has 0 radical (unpaired) electrons. The van der Waals surface area contributed by atoms with Gasteiger partial charge in [0.05, 0.1) is 6.54 Å². The normalized spacial score (nSPS) is 20.5. The van der Waals surface area contributed by atoms with Gasteiger partial charge in [0.2, 0.25) is 0 Å². The van der Waals surface area contributed by atoms with Crippen LogP contribution in [0.15, 0.2) is 23.2 Å². The molecule has 2 nitrogen and oxygen atoms in total. The second-order valence-electron chi connectivity index (χ2n) is 4.03. The van der Waals surface area contributed by atoms with Crippen molar-refractivity contribution >= 4 is 5.84 Å². The number of amidine groups is 1. The number of rotatable bonds is 1. The van der Waals surface area contributed by atoms with Crippen LogP contribution in [0.25, 0.3) is 0 Å². The molecule has 0 spiro atoms. The van der Waals surface area contributed by atoms with Crippen LogP contribution in [0.3, 0.4) is 0 Å². The van der Waals surface area contributed by atoms with Crippen molar-refractivity contribution in [2.75, 3.05) is 6.54 Å². The van der Waals surface area contributed by atoms with Crippen molar-refractivity contribution in [2.45, 2.75) is 26.8 Å². The maximum Gasteiger partial charge on any atom is 0.128 e. The molecule has 14 heavy (non-hydrogen) atoms. The molecule has 0 amide bonds. The molecule has 1 aromatic rings. The second kappa shape index (κ2) is 3.45. The molecular formula is C12H16N2. The van der Waals surface area contributed by atoms with Crippen LogP contribution in [0.5, 0.6) is 0 Å². The van der Waals surface area contributed by atoms with Gasteiger partial charge in [0.25, 0.3) is 0 Å². The van der Waals surface area contributed by atoms with Crippen molar-refractivity contribution in [1.82, 2.24) is 5.32 Å². The van der Waals surface area contributed by atoms with Crippen molar-refractivity contribution in [2.24, 2.45) is 4.99 Å². The first kappa shape index (κ1) is 9.25. The number of aliphatic imine (C=N–C) groups is 1. The molecular weight excluding hydrogens is 172 g/mol. The van der Waals surface area contributed by atoms with Crippen molar-refractivity contribution in [3.8, 4) is 0 Å². The van der Waals surface area contributed by atoms with Crippen LogP contribution in [-0.2, 0) is 0 Å². The lowest BCUT2D eigenvalue weighted by Gasteiger charge is -2.07. The lowest BCUT2D eigenvalue weighted by molar-refractivity contribution is 0.726. The van der Waals surface area contributed by atoms with E-state index in [2.05, 4.69) is 49.3 Å². The highest BCUT2D eigenvalue weighted by Gasteiger charge is 2.13. The Bertz CT molecular complexity index is 380. The van der Waals surface area contributed by atoms with E-state index in [0.29, 0.717) is 6.04 Å². The Morgan fingerprint density at radius 1 is 1.29 bits per heavy atom. The fraction of sp³-hybridized carbons (Fsp3) is 0.417. The van der Waals surface area contributed by atoms with E-state index in [0.717, 1.165) is 12.4 Å². The van der Waals surface area contributed by atoms with E-state index >= 15 is 0 Å². The SMILES string of the molecule is Cc1ccc(C2=NCC(C)N2)cc1C. The van der Waals surface area contributed by atoms with Gasteiger partial charge in [-0.1, -0.05) is 12.1 Å². The Kier molecular flexibility index (Phi) is 2.28. The highest BCUT2D eigenvalue weighted by atomic mass is 15.1. The fourth-order valence-corrected chi connectivity index (χ4v) is 1.62. The average Bonchev–Trinajstić information content (AvgIpc) is 2.57. The predicted molar refractivity (Wildman–Crippen MR) is 59.9 cm³/mol. The number of aryl methyl sites for hydroxylation is 2. The molecule has 0 bridgehead atoms. The van der Waals surface area contributed by atoms with E-state index in [9.17, 15) is 0 Å². The quantitative estimate of drug-likeness (QED) is 0.716. The van der Waals surface area contributed by atoms with Crippen LogP contribution < -0.4 is 5.32 Å². The van der Waals surface area contributed by atoms with Gasteiger partial charge in [-0.25, -0.2) is 0 Å². The summed E-state index contributed by atoms with van der Waals surface area (Å²) in [6.07, 6.45) is 0. The minimum atomic E-state index is 0.478. The molecule has 1 unspecified atom stereocenters. The van der Waals surface area contributed by atoms with Gasteiger partial charge in [-0.05, 0) is 38.0 Å². The zero-order valence-electron chi connectivity index (χ0n) is 8.96. The summed E-state index contributed by atoms with van der Waals surface area (Å²) in [7, 11) is 0. The van der Waals surface area contributed by atoms with Gasteiger partial charge in [0, 0.05) is 11.6 Å². The maximum atomic E-state index is 4.46. The smallest absolute Gasteiger partial charge is 0.128 e. The molecule has 1 atom stereocenters. The van der Waals surface area contributed by atoms with E-state index in [4.69, 9.17) is 0 Å². The molecule has 1 heterocycles. The minimum Gasteiger partial charge on any atom is -0.366 e. The van der Waals surface area contributed by atoms with Gasteiger partial charge in [0.1, 0.15) is 5.84 Å². The highest BCUT2D eigenvalue weighted by Crippen LogP contribution is 2.12. The third kappa shape index (κ3) is 1.65. The van der Waals surface area contributed by atoms with Gasteiger partial charge < -0.3 is 5.32 Å². The molecule has 1 N–H and O–H groups in total. The molecule has 1 aliphatic heterocycles. The summed E-state index contributed by atoms with van der Waals surface area (Å²) < 4.78 is 0. The van der Waals surface area contributed by atoms with E-state index in [1.807, 2.05) is 0 Å². The molecule has 1 aliphatic rings. The Morgan fingerprint density at radius 2 is 2.07 bits per heavy atom. The molecule has 74 valence electrons. The zero-order chi connectivity index (χ0) is 10.1. The number of nitrogens with one attached hydrogen (secondary N) is 1. The molecule has 0 aromatic heterocycles. The van der Waals surface area contributed by atoms with E-state index in [1.54, 1.807) is 0 Å². The van der Waals surface area contributed by atoms with Gasteiger partial charge in [0.15, 0.2) is 0 Å². The van der Waals surface area contributed by atoms with Gasteiger partial charge in [-0.3, -0.25) is 4.99 Å². The zero-order valence-corrected chi connectivity index (χ0v) is 8.96. The van der Waals surface area contributed by atoms with Crippen LogP contribution in [0, 0.1) is 13.8 Å². The Balaban J connectivity index is 2.30. The summed E-state index contributed by atoms with van der Waals surface area (Å²) >= 11 is 0. The average molecular weight is 188 g/mol. The summed E-state index contributed by atoms with van der Waals surface area (Å²) in [6.45, 7) is 7.31. The number of hydrogen-bond acceptors (Lipinski definition) is 2. The van der Waals surface area contributed by atoms with Crippen molar-refractivity contribution in [3.05, 3.63) is 34.9 Å². The van der Waals surface area contributed by atoms with Crippen molar-refractivity contribution in [3.63, 3.8) is 0 Å².